The van der Waals surface area contributed by atoms with E-state index in [0.29, 0.717) is 4.57 Å². The van der Waals surface area contributed by atoms with Crippen molar-refractivity contribution in [2.75, 3.05) is 6.61 Å². The molecule has 3 atom stereocenters. The number of aromatic amines is 1. The average Bonchev–Trinajstić information content (AvgIpc) is 2.69. The van der Waals surface area contributed by atoms with Crippen LogP contribution in [0.2, 0.25) is 0 Å². The van der Waals surface area contributed by atoms with Gasteiger partial charge in [0.25, 0.3) is 5.56 Å². The zero-order valence-corrected chi connectivity index (χ0v) is 11.8. The first-order valence-electron chi connectivity index (χ1n) is 6.03. The summed E-state index contributed by atoms with van der Waals surface area (Å²) in [5.74, 6) is -1.51. The van der Waals surface area contributed by atoms with Gasteiger partial charge in [-0.25, -0.2) is 9.18 Å². The molecule has 1 aromatic heterocycles. The van der Waals surface area contributed by atoms with Crippen molar-refractivity contribution < 1.29 is 32.3 Å². The Balaban J connectivity index is 2.20. The van der Waals surface area contributed by atoms with Gasteiger partial charge in [-0.15, -0.1) is 0 Å². The lowest BCUT2D eigenvalue weighted by atomic mass is 10.0. The number of nitrogens with one attached hydrogen (secondary N) is 1. The molecule has 124 valence electrons. The molecule has 0 saturated carbocycles. The first kappa shape index (κ1) is 16.9. The smallest absolute Gasteiger partial charge is 0.354 e. The Morgan fingerprint density at radius 1 is 1.45 bits per heavy atom. The lowest BCUT2D eigenvalue weighted by Gasteiger charge is -2.22. The summed E-state index contributed by atoms with van der Waals surface area (Å²) in [6, 6.07) is 0.926. The van der Waals surface area contributed by atoms with Gasteiger partial charge in [0.2, 0.25) is 0 Å². The number of rotatable bonds is 4. The van der Waals surface area contributed by atoms with Gasteiger partial charge in [0, 0.05) is 24.6 Å². The highest BCUT2D eigenvalue weighted by Gasteiger charge is 2.53. The summed E-state index contributed by atoms with van der Waals surface area (Å²) in [5.41, 5.74) is -6.10. The van der Waals surface area contributed by atoms with E-state index in [2.05, 4.69) is 0 Å². The number of alkyl halides is 3. The van der Waals surface area contributed by atoms with E-state index in [-0.39, 0.29) is 0 Å². The maximum atomic E-state index is 14.2. The number of hydrogen-bond acceptors (Lipinski definition) is 4. The zero-order valence-electron chi connectivity index (χ0n) is 10.9. The predicted molar refractivity (Wildman–Crippen MR) is 66.3 cm³/mol. The molecular formula is C10H12F3N2O6P. The summed E-state index contributed by atoms with van der Waals surface area (Å²) in [5, 5.41) is 0. The molecular weight excluding hydrogens is 332 g/mol. The first-order chi connectivity index (χ1) is 10.0. The number of aromatic nitrogens is 2. The second-order valence-electron chi connectivity index (χ2n) is 4.86. The lowest BCUT2D eigenvalue weighted by Crippen LogP contribution is -2.35. The molecule has 1 fully saturated rings. The van der Waals surface area contributed by atoms with Crippen molar-refractivity contribution in [3.8, 4) is 0 Å². The van der Waals surface area contributed by atoms with Crippen LogP contribution >= 0.6 is 7.60 Å². The number of ether oxygens (including phenoxy) is 1. The Bertz CT molecular complexity index is 713. The SMILES string of the molecule is O=c1ccn([C@@H]2OC[C@H](CC(F)(F)P(=O)(O)O)[C@@H]2F)c(=O)[nH]1. The Morgan fingerprint density at radius 3 is 2.64 bits per heavy atom. The normalized spacial score (nSPS) is 26.3. The molecule has 0 spiro atoms. The number of hydrogen-bond donors (Lipinski definition) is 3. The quantitative estimate of drug-likeness (QED) is 0.670. The highest BCUT2D eigenvalue weighted by atomic mass is 31.2. The van der Waals surface area contributed by atoms with Gasteiger partial charge in [0.15, 0.2) is 12.4 Å². The van der Waals surface area contributed by atoms with Crippen LogP contribution < -0.4 is 11.2 Å². The second-order valence-corrected chi connectivity index (χ2v) is 6.60. The Kier molecular flexibility index (Phi) is 4.35. The number of H-pyrrole nitrogens is 1. The highest BCUT2D eigenvalue weighted by molar-refractivity contribution is 7.53. The van der Waals surface area contributed by atoms with Crippen LogP contribution in [0.3, 0.4) is 0 Å². The largest absolute Gasteiger partial charge is 0.394 e. The third-order valence-electron chi connectivity index (χ3n) is 3.26. The molecule has 0 radical (unpaired) electrons. The van der Waals surface area contributed by atoms with E-state index in [1.807, 2.05) is 4.98 Å². The van der Waals surface area contributed by atoms with Crippen LogP contribution in [0, 0.1) is 5.92 Å². The van der Waals surface area contributed by atoms with Gasteiger partial charge in [-0.1, -0.05) is 0 Å². The summed E-state index contributed by atoms with van der Waals surface area (Å²) in [6.07, 6.45) is -4.13. The van der Waals surface area contributed by atoms with Gasteiger partial charge in [-0.3, -0.25) is 18.9 Å². The van der Waals surface area contributed by atoms with E-state index in [0.717, 1.165) is 12.3 Å². The van der Waals surface area contributed by atoms with Gasteiger partial charge in [-0.05, 0) is 0 Å². The average molecular weight is 344 g/mol. The van der Waals surface area contributed by atoms with Crippen LogP contribution in [0.25, 0.3) is 0 Å². The van der Waals surface area contributed by atoms with Crippen LogP contribution in [0.5, 0.6) is 0 Å². The molecule has 3 N–H and O–H groups in total. The zero-order chi connectivity index (χ0) is 16.7. The molecule has 1 aliphatic rings. The monoisotopic (exact) mass is 344 g/mol. The van der Waals surface area contributed by atoms with Crippen LogP contribution in [-0.2, 0) is 9.30 Å². The fourth-order valence-corrected chi connectivity index (χ4v) is 2.58. The van der Waals surface area contributed by atoms with E-state index in [1.54, 1.807) is 0 Å². The van der Waals surface area contributed by atoms with Gasteiger partial charge in [0.1, 0.15) is 0 Å². The summed E-state index contributed by atoms with van der Waals surface area (Å²) in [4.78, 5) is 41.4. The predicted octanol–water partition coefficient (Wildman–Crippen LogP) is 0.180. The molecule has 0 aromatic carbocycles. The van der Waals surface area contributed by atoms with Crippen LogP contribution in [0.15, 0.2) is 21.9 Å². The van der Waals surface area contributed by atoms with Crippen LogP contribution in [-0.4, -0.2) is 37.8 Å². The van der Waals surface area contributed by atoms with E-state index >= 15 is 0 Å². The third kappa shape index (κ3) is 3.17. The second kappa shape index (κ2) is 5.65. The fourth-order valence-electron chi connectivity index (χ4n) is 2.11. The molecule has 12 heteroatoms. The van der Waals surface area contributed by atoms with Crippen molar-refractivity contribution in [3.05, 3.63) is 33.1 Å². The minimum absolute atomic E-state index is 0.549. The minimum Gasteiger partial charge on any atom is -0.354 e. The molecule has 1 saturated heterocycles. The molecule has 2 heterocycles. The molecule has 22 heavy (non-hydrogen) atoms. The van der Waals surface area contributed by atoms with Crippen molar-refractivity contribution in [2.24, 2.45) is 5.92 Å². The molecule has 0 aliphatic carbocycles. The van der Waals surface area contributed by atoms with Gasteiger partial charge >= 0.3 is 18.9 Å². The Labute approximate surface area is 120 Å². The Hall–Kier alpha value is -1.42. The number of nitrogens with zero attached hydrogens (tertiary/aromatic N) is 1. The van der Waals surface area contributed by atoms with E-state index in [1.165, 1.54) is 0 Å². The van der Waals surface area contributed by atoms with Crippen molar-refractivity contribution in [3.63, 3.8) is 0 Å². The third-order valence-corrected chi connectivity index (χ3v) is 4.30. The maximum absolute atomic E-state index is 14.2. The standard InChI is InChI=1S/C10H12F3N2O6P/c11-7-5(3-10(12,13)22(18,19)20)4-21-8(7)15-2-1-6(16)14-9(15)17/h1-2,5,7-8H,3-4H2,(H,14,16,17)(H2,18,19,20)/t5-,7-,8+/m0/s1. The van der Waals surface area contributed by atoms with Crippen LogP contribution in [0.1, 0.15) is 12.6 Å². The molecule has 1 aromatic rings. The molecule has 0 unspecified atom stereocenters. The van der Waals surface area contributed by atoms with Crippen molar-refractivity contribution in [1.29, 1.82) is 0 Å². The fraction of sp³-hybridized carbons (Fsp3) is 0.600. The lowest BCUT2D eigenvalue weighted by molar-refractivity contribution is 0.0160. The number of halogens is 3. The molecule has 0 bridgehead atoms. The first-order valence-corrected chi connectivity index (χ1v) is 7.65. The van der Waals surface area contributed by atoms with E-state index in [9.17, 15) is 27.3 Å². The maximum Gasteiger partial charge on any atom is 0.394 e. The van der Waals surface area contributed by atoms with E-state index < -0.39 is 55.9 Å². The molecule has 2 rings (SSSR count). The molecule has 1 aliphatic heterocycles. The van der Waals surface area contributed by atoms with Crippen LogP contribution in [0.4, 0.5) is 13.2 Å². The highest BCUT2D eigenvalue weighted by Crippen LogP contribution is 2.57. The van der Waals surface area contributed by atoms with E-state index in [4.69, 9.17) is 14.5 Å². The summed E-state index contributed by atoms with van der Waals surface area (Å²) >= 11 is 0. The topological polar surface area (TPSA) is 122 Å². The summed E-state index contributed by atoms with van der Waals surface area (Å²) < 4.78 is 57.1. The van der Waals surface area contributed by atoms with Gasteiger partial charge < -0.3 is 14.5 Å². The summed E-state index contributed by atoms with van der Waals surface area (Å²) in [6.45, 7) is -0.549. The Morgan fingerprint density at radius 2 is 2.09 bits per heavy atom. The summed E-state index contributed by atoms with van der Waals surface area (Å²) in [7, 11) is -5.73. The van der Waals surface area contributed by atoms with Gasteiger partial charge in [-0.2, -0.15) is 8.78 Å². The molecule has 8 nitrogen and oxygen atoms in total. The van der Waals surface area contributed by atoms with Crippen molar-refractivity contribution >= 4 is 7.60 Å². The van der Waals surface area contributed by atoms with Gasteiger partial charge in [0.05, 0.1) is 6.61 Å². The van der Waals surface area contributed by atoms with Crippen molar-refractivity contribution in [2.45, 2.75) is 24.5 Å². The minimum atomic E-state index is -5.73. The van der Waals surface area contributed by atoms with Crippen molar-refractivity contribution in [1.82, 2.24) is 9.55 Å². The molecule has 0 amide bonds.